The normalized spacial score (nSPS) is 23.0. The van der Waals surface area contributed by atoms with Gasteiger partial charge in [-0.1, -0.05) is 17.7 Å². The molecule has 1 aromatic carbocycles. The summed E-state index contributed by atoms with van der Waals surface area (Å²) in [7, 11) is 0. The van der Waals surface area contributed by atoms with E-state index >= 15 is 4.39 Å². The number of halogens is 2. The molecule has 0 bridgehead atoms. The Bertz CT molecular complexity index is 1020. The summed E-state index contributed by atoms with van der Waals surface area (Å²) in [6.07, 6.45) is 1.72. The third kappa shape index (κ3) is 3.51. The maximum absolute atomic E-state index is 15.2. The molecule has 2 aromatic heterocycles. The first-order valence-electron chi connectivity index (χ1n) is 8.73. The molecule has 2 unspecified atom stereocenters. The van der Waals surface area contributed by atoms with Crippen molar-refractivity contribution >= 4 is 23.3 Å². The molecule has 0 N–H and O–H groups in total. The van der Waals surface area contributed by atoms with Crippen LogP contribution in [0.4, 0.5) is 4.39 Å². The van der Waals surface area contributed by atoms with E-state index in [1.165, 1.54) is 13.3 Å². The van der Waals surface area contributed by atoms with Crippen molar-refractivity contribution < 1.29 is 9.18 Å². The lowest BCUT2D eigenvalue weighted by Gasteiger charge is -2.40. The Morgan fingerprint density at radius 2 is 2.19 bits per heavy atom. The number of carbonyl (C=O) groups is 1. The maximum atomic E-state index is 15.2. The molecule has 140 valence electrons. The number of nitrogens with zero attached hydrogens (tertiary/aromatic N) is 5. The van der Waals surface area contributed by atoms with Crippen LogP contribution in [0.15, 0.2) is 36.7 Å². The molecule has 0 aliphatic carbocycles. The molecule has 3 heterocycles. The van der Waals surface area contributed by atoms with Gasteiger partial charge in [-0.3, -0.25) is 4.79 Å². The summed E-state index contributed by atoms with van der Waals surface area (Å²) in [5, 5.41) is 4.70. The predicted octanol–water partition coefficient (Wildman–Crippen LogP) is 3.44. The van der Waals surface area contributed by atoms with Crippen LogP contribution >= 0.6 is 11.6 Å². The maximum Gasteiger partial charge on any atom is 0.254 e. The quantitative estimate of drug-likeness (QED) is 0.675. The number of aromatic nitrogens is 4. The van der Waals surface area contributed by atoms with E-state index < -0.39 is 5.67 Å². The number of alkyl halides is 1. The predicted molar refractivity (Wildman–Crippen MR) is 99.7 cm³/mol. The van der Waals surface area contributed by atoms with E-state index in [9.17, 15) is 4.79 Å². The lowest BCUT2D eigenvalue weighted by Crippen LogP contribution is -2.49. The third-order valence-electron chi connectivity index (χ3n) is 4.82. The Labute approximate surface area is 161 Å². The molecule has 1 aliphatic rings. The smallest absolute Gasteiger partial charge is 0.254 e. The minimum atomic E-state index is -1.51. The second-order valence-corrected chi connectivity index (χ2v) is 7.74. The van der Waals surface area contributed by atoms with Crippen LogP contribution in [0.3, 0.4) is 0 Å². The molecule has 6 nitrogen and oxygen atoms in total. The van der Waals surface area contributed by atoms with Gasteiger partial charge in [0.15, 0.2) is 0 Å². The van der Waals surface area contributed by atoms with Crippen molar-refractivity contribution in [2.75, 3.05) is 13.1 Å². The van der Waals surface area contributed by atoms with E-state index in [0.717, 1.165) is 11.4 Å². The second-order valence-electron chi connectivity index (χ2n) is 7.30. The number of hydrogen-bond acceptors (Lipinski definition) is 4. The largest absolute Gasteiger partial charge is 0.335 e. The van der Waals surface area contributed by atoms with Crippen molar-refractivity contribution in [2.45, 2.75) is 31.9 Å². The first-order valence-corrected chi connectivity index (χ1v) is 9.11. The average molecular weight is 388 g/mol. The average Bonchev–Trinajstić information content (AvgIpc) is 3.07. The van der Waals surface area contributed by atoms with Gasteiger partial charge >= 0.3 is 0 Å². The van der Waals surface area contributed by atoms with Crippen LogP contribution in [-0.4, -0.2) is 49.1 Å². The number of likely N-dealkylation sites (tertiary alicyclic amines) is 1. The lowest BCUT2D eigenvalue weighted by molar-refractivity contribution is 0.0342. The van der Waals surface area contributed by atoms with Crippen LogP contribution in [-0.2, 0) is 0 Å². The zero-order valence-electron chi connectivity index (χ0n) is 15.1. The number of benzene rings is 1. The number of aryl methyl sites for hydroxylation is 1. The van der Waals surface area contributed by atoms with Gasteiger partial charge in [0.2, 0.25) is 0 Å². The highest BCUT2D eigenvalue weighted by molar-refractivity contribution is 6.30. The topological polar surface area (TPSA) is 63.4 Å². The molecule has 0 radical (unpaired) electrons. The third-order valence-corrected chi connectivity index (χ3v) is 5.05. The van der Waals surface area contributed by atoms with Crippen molar-refractivity contribution in [3.05, 3.63) is 58.6 Å². The molecular formula is C19H19ClFN5O. The molecular weight excluding hydrogens is 369 g/mol. The summed E-state index contributed by atoms with van der Waals surface area (Å²) in [4.78, 5) is 23.0. The number of amides is 1. The van der Waals surface area contributed by atoms with Crippen molar-refractivity contribution in [3.63, 3.8) is 0 Å². The van der Waals surface area contributed by atoms with E-state index in [0.29, 0.717) is 29.3 Å². The molecule has 27 heavy (non-hydrogen) atoms. The summed E-state index contributed by atoms with van der Waals surface area (Å²) < 4.78 is 16.8. The minimum Gasteiger partial charge on any atom is -0.335 e. The van der Waals surface area contributed by atoms with Crippen molar-refractivity contribution in [3.8, 4) is 0 Å². The van der Waals surface area contributed by atoms with Gasteiger partial charge in [-0.05, 0) is 44.5 Å². The molecule has 0 saturated carbocycles. The zero-order valence-corrected chi connectivity index (χ0v) is 15.8. The first kappa shape index (κ1) is 17.9. The van der Waals surface area contributed by atoms with Crippen LogP contribution in [0.5, 0.6) is 0 Å². The van der Waals surface area contributed by atoms with Crippen molar-refractivity contribution in [1.82, 2.24) is 24.5 Å². The van der Waals surface area contributed by atoms with Gasteiger partial charge in [-0.25, -0.2) is 13.9 Å². The molecule has 2 atom stereocenters. The summed E-state index contributed by atoms with van der Waals surface area (Å²) in [6, 6.07) is 8.61. The molecule has 4 rings (SSSR count). The van der Waals surface area contributed by atoms with E-state index in [1.54, 1.807) is 33.7 Å². The van der Waals surface area contributed by atoms with Crippen LogP contribution in [0.2, 0.25) is 5.02 Å². The van der Waals surface area contributed by atoms with Gasteiger partial charge in [-0.15, -0.1) is 0 Å². The van der Waals surface area contributed by atoms with E-state index in [-0.39, 0.29) is 18.4 Å². The number of hydrogen-bond donors (Lipinski definition) is 0. The molecule has 0 spiro atoms. The van der Waals surface area contributed by atoms with E-state index in [4.69, 9.17) is 11.6 Å². The van der Waals surface area contributed by atoms with Crippen LogP contribution < -0.4 is 0 Å². The Morgan fingerprint density at radius 3 is 2.96 bits per heavy atom. The molecule has 1 fully saturated rings. The second kappa shape index (κ2) is 6.56. The monoisotopic (exact) mass is 387 g/mol. The highest BCUT2D eigenvalue weighted by atomic mass is 35.5. The van der Waals surface area contributed by atoms with Gasteiger partial charge < -0.3 is 4.90 Å². The van der Waals surface area contributed by atoms with E-state index in [2.05, 4.69) is 15.1 Å². The van der Waals surface area contributed by atoms with Gasteiger partial charge in [0.05, 0.1) is 12.2 Å². The summed E-state index contributed by atoms with van der Waals surface area (Å²) >= 11 is 6.01. The molecule has 1 saturated heterocycles. The summed E-state index contributed by atoms with van der Waals surface area (Å²) in [5.41, 5.74) is 0.531. The standard InChI is InChI=1S/C19H19ClFN5O/c1-12-6-16(26-18(24-12)22-11-23-26)14-8-19(2,21)10-25(9-14)17(27)13-4-3-5-15(20)7-13/h3-7,11,14H,8-10H2,1-2H3. The minimum absolute atomic E-state index is 0.0411. The highest BCUT2D eigenvalue weighted by Gasteiger charge is 2.40. The van der Waals surface area contributed by atoms with Gasteiger partial charge in [0, 0.05) is 28.7 Å². The molecule has 8 heteroatoms. The SMILES string of the molecule is Cc1cc(C2CN(C(=O)c3cccc(Cl)c3)CC(C)(F)C2)n2ncnc2n1. The summed E-state index contributed by atoms with van der Waals surface area (Å²) in [5.74, 6) is 0.0262. The first-order chi connectivity index (χ1) is 12.8. The zero-order chi connectivity index (χ0) is 19.2. The van der Waals surface area contributed by atoms with Gasteiger partial charge in [0.25, 0.3) is 11.7 Å². The number of piperidine rings is 1. The van der Waals surface area contributed by atoms with E-state index in [1.807, 2.05) is 13.0 Å². The van der Waals surface area contributed by atoms with Crippen LogP contribution in [0.1, 0.15) is 41.0 Å². The van der Waals surface area contributed by atoms with Crippen molar-refractivity contribution in [1.29, 1.82) is 0 Å². The van der Waals surface area contributed by atoms with Gasteiger partial charge in [0.1, 0.15) is 12.0 Å². The van der Waals surface area contributed by atoms with Crippen LogP contribution in [0, 0.1) is 6.92 Å². The number of rotatable bonds is 2. The Hall–Kier alpha value is -2.54. The molecule has 1 amide bonds. The fourth-order valence-electron chi connectivity index (χ4n) is 3.78. The Kier molecular flexibility index (Phi) is 4.34. The Balaban J connectivity index is 1.70. The summed E-state index contributed by atoms with van der Waals surface area (Å²) in [6.45, 7) is 3.83. The highest BCUT2D eigenvalue weighted by Crippen LogP contribution is 2.35. The molecule has 1 aliphatic heterocycles. The van der Waals surface area contributed by atoms with Gasteiger partial charge in [-0.2, -0.15) is 10.1 Å². The molecule has 3 aromatic rings. The van der Waals surface area contributed by atoms with Crippen LogP contribution in [0.25, 0.3) is 5.78 Å². The lowest BCUT2D eigenvalue weighted by atomic mass is 9.85. The number of carbonyl (C=O) groups excluding carboxylic acids is 1. The van der Waals surface area contributed by atoms with Crippen molar-refractivity contribution in [2.24, 2.45) is 0 Å². The fraction of sp³-hybridized carbons (Fsp3) is 0.368. The fourth-order valence-corrected chi connectivity index (χ4v) is 3.97. The Morgan fingerprint density at radius 1 is 1.37 bits per heavy atom. The number of fused-ring (bicyclic) bond motifs is 1.